The lowest BCUT2D eigenvalue weighted by molar-refractivity contribution is -0.116. The molecule has 0 saturated carbocycles. The molecule has 150 valence electrons. The normalized spacial score (nSPS) is 13.0. The molecule has 7 nitrogen and oxygen atoms in total. The van der Waals surface area contributed by atoms with Crippen LogP contribution in [0, 0.1) is 0 Å². The first kappa shape index (κ1) is 19.2. The number of halogens is 2. The maximum atomic E-state index is 12.6. The van der Waals surface area contributed by atoms with Gasteiger partial charge in [-0.25, -0.2) is 4.68 Å². The van der Waals surface area contributed by atoms with Gasteiger partial charge in [-0.3, -0.25) is 4.79 Å². The van der Waals surface area contributed by atoms with Crippen molar-refractivity contribution in [1.29, 1.82) is 0 Å². The van der Waals surface area contributed by atoms with Crippen LogP contribution in [0.25, 0.3) is 11.4 Å². The van der Waals surface area contributed by atoms with Gasteiger partial charge in [0, 0.05) is 17.8 Å². The number of carbonyl (C=O) groups excluding carboxylic acids is 1. The first-order valence-corrected chi connectivity index (χ1v) is 9.78. The van der Waals surface area contributed by atoms with E-state index in [1.54, 1.807) is 17.0 Å². The van der Waals surface area contributed by atoms with Crippen molar-refractivity contribution >= 4 is 23.4 Å². The smallest absolute Gasteiger partial charge is 0.387 e. The highest BCUT2D eigenvalue weighted by Gasteiger charge is 2.24. The number of alkyl halides is 2. The van der Waals surface area contributed by atoms with E-state index in [0.29, 0.717) is 23.1 Å². The van der Waals surface area contributed by atoms with Gasteiger partial charge in [0.05, 0.1) is 5.75 Å². The number of nitrogens with zero attached hydrogens (tertiary/aromatic N) is 4. The molecule has 1 aliphatic rings. The van der Waals surface area contributed by atoms with E-state index in [-0.39, 0.29) is 17.4 Å². The second-order valence-electron chi connectivity index (χ2n) is 6.29. The summed E-state index contributed by atoms with van der Waals surface area (Å²) in [5, 5.41) is 8.46. The molecule has 10 heteroatoms. The quantitative estimate of drug-likeness (QED) is 0.490. The van der Waals surface area contributed by atoms with Crippen LogP contribution in [0.2, 0.25) is 0 Å². The molecule has 0 aliphatic carbocycles. The van der Waals surface area contributed by atoms with Crippen molar-refractivity contribution in [3.63, 3.8) is 0 Å². The van der Waals surface area contributed by atoms with E-state index in [1.165, 1.54) is 28.6 Å². The highest BCUT2D eigenvalue weighted by atomic mass is 32.2. The van der Waals surface area contributed by atoms with Crippen molar-refractivity contribution in [2.24, 2.45) is 0 Å². The van der Waals surface area contributed by atoms with Gasteiger partial charge in [-0.2, -0.15) is 8.78 Å². The number of nitrogens with two attached hydrogens (primary N) is 1. The number of anilines is 1. The summed E-state index contributed by atoms with van der Waals surface area (Å²) < 4.78 is 30.1. The zero-order valence-corrected chi connectivity index (χ0v) is 16.0. The van der Waals surface area contributed by atoms with Crippen LogP contribution in [0.1, 0.15) is 5.56 Å². The van der Waals surface area contributed by atoms with E-state index >= 15 is 0 Å². The van der Waals surface area contributed by atoms with Crippen LogP contribution in [0.5, 0.6) is 5.75 Å². The number of rotatable bonds is 6. The maximum absolute atomic E-state index is 12.6. The van der Waals surface area contributed by atoms with Crippen molar-refractivity contribution in [2.45, 2.75) is 18.2 Å². The molecule has 0 unspecified atom stereocenters. The Morgan fingerprint density at radius 1 is 1.17 bits per heavy atom. The Morgan fingerprint density at radius 2 is 1.93 bits per heavy atom. The molecule has 3 aromatic rings. The number of amides is 1. The van der Waals surface area contributed by atoms with E-state index < -0.39 is 6.61 Å². The predicted octanol–water partition coefficient (Wildman–Crippen LogP) is 2.94. The number of hydrogen-bond acceptors (Lipinski definition) is 6. The summed E-state index contributed by atoms with van der Waals surface area (Å²) in [7, 11) is 0. The minimum absolute atomic E-state index is 0.0296. The Morgan fingerprint density at radius 3 is 2.69 bits per heavy atom. The van der Waals surface area contributed by atoms with E-state index in [0.717, 1.165) is 17.7 Å². The molecule has 0 spiro atoms. The van der Waals surface area contributed by atoms with Crippen LogP contribution in [-0.2, 0) is 11.2 Å². The summed E-state index contributed by atoms with van der Waals surface area (Å²) >= 11 is 1.19. The van der Waals surface area contributed by atoms with Gasteiger partial charge >= 0.3 is 6.61 Å². The Hall–Kier alpha value is -3.14. The molecule has 1 amide bonds. The molecule has 1 aliphatic heterocycles. The molecule has 0 fully saturated rings. The standard InChI is InChI=1S/C19H17F2N5O2S/c20-18(21)28-14-7-5-13(6-8-14)17-23-24-19(26(17)22)29-11-16(27)25-10-9-12-3-1-2-4-15(12)25/h1-8,18H,9-11,22H2. The van der Waals surface area contributed by atoms with Crippen molar-refractivity contribution < 1.29 is 18.3 Å². The molecule has 1 aromatic heterocycles. The summed E-state index contributed by atoms with van der Waals surface area (Å²) in [6, 6.07) is 13.8. The van der Waals surface area contributed by atoms with Gasteiger partial charge < -0.3 is 15.5 Å². The molecule has 29 heavy (non-hydrogen) atoms. The third kappa shape index (κ3) is 4.02. The monoisotopic (exact) mass is 417 g/mol. The van der Waals surface area contributed by atoms with E-state index in [4.69, 9.17) is 5.84 Å². The lowest BCUT2D eigenvalue weighted by atomic mass is 10.2. The molecule has 0 bridgehead atoms. The van der Waals surface area contributed by atoms with Crippen LogP contribution >= 0.6 is 11.8 Å². The second kappa shape index (κ2) is 8.08. The number of hydrogen-bond donors (Lipinski definition) is 1. The molecule has 0 saturated heterocycles. The number of carbonyl (C=O) groups is 1. The van der Waals surface area contributed by atoms with Crippen molar-refractivity contribution in [2.75, 3.05) is 23.0 Å². The summed E-state index contributed by atoms with van der Waals surface area (Å²) in [5.41, 5.74) is 2.70. The van der Waals surface area contributed by atoms with Crippen molar-refractivity contribution in [3.05, 3.63) is 54.1 Å². The minimum Gasteiger partial charge on any atom is -0.435 e. The fourth-order valence-electron chi connectivity index (χ4n) is 3.16. The second-order valence-corrected chi connectivity index (χ2v) is 7.23. The Bertz CT molecular complexity index is 1030. The number of benzene rings is 2. The van der Waals surface area contributed by atoms with Gasteiger partial charge in [0.25, 0.3) is 0 Å². The molecule has 0 radical (unpaired) electrons. The van der Waals surface area contributed by atoms with Gasteiger partial charge in [0.1, 0.15) is 5.75 Å². The van der Waals surface area contributed by atoms with Crippen LogP contribution in [0.4, 0.5) is 14.5 Å². The number of para-hydroxylation sites is 1. The summed E-state index contributed by atoms with van der Waals surface area (Å²) in [5.74, 6) is 6.60. The Balaban J connectivity index is 1.42. The van der Waals surface area contributed by atoms with Gasteiger partial charge in [0.2, 0.25) is 11.1 Å². The van der Waals surface area contributed by atoms with Crippen LogP contribution < -0.4 is 15.5 Å². The van der Waals surface area contributed by atoms with Crippen molar-refractivity contribution in [3.8, 4) is 17.1 Å². The molecule has 2 aromatic carbocycles. The number of ether oxygens (including phenoxy) is 1. The first-order valence-electron chi connectivity index (χ1n) is 8.80. The van der Waals surface area contributed by atoms with Crippen LogP contribution in [0.15, 0.2) is 53.7 Å². The number of thioether (sulfide) groups is 1. The highest BCUT2D eigenvalue weighted by molar-refractivity contribution is 7.99. The fraction of sp³-hybridized carbons (Fsp3) is 0.211. The fourth-order valence-corrected chi connectivity index (χ4v) is 3.89. The zero-order chi connectivity index (χ0) is 20.4. The molecular weight excluding hydrogens is 400 g/mol. The lowest BCUT2D eigenvalue weighted by Crippen LogP contribution is -2.30. The third-order valence-electron chi connectivity index (χ3n) is 4.52. The summed E-state index contributed by atoms with van der Waals surface area (Å²) in [6.07, 6.45) is 0.842. The third-order valence-corrected chi connectivity index (χ3v) is 5.44. The molecule has 2 N–H and O–H groups in total. The molecule has 4 rings (SSSR count). The lowest BCUT2D eigenvalue weighted by Gasteiger charge is -2.16. The molecular formula is C19H17F2N5O2S. The molecule has 2 heterocycles. The Kier molecular flexibility index (Phi) is 5.34. The average Bonchev–Trinajstić information content (AvgIpc) is 3.30. The zero-order valence-electron chi connectivity index (χ0n) is 15.2. The SMILES string of the molecule is Nn1c(SCC(=O)N2CCc3ccccc32)nnc1-c1ccc(OC(F)F)cc1. The van der Waals surface area contributed by atoms with Gasteiger partial charge in [-0.1, -0.05) is 30.0 Å². The maximum Gasteiger partial charge on any atom is 0.387 e. The predicted molar refractivity (Wildman–Crippen MR) is 105 cm³/mol. The van der Waals surface area contributed by atoms with Gasteiger partial charge in [-0.15, -0.1) is 10.2 Å². The number of aromatic nitrogens is 3. The summed E-state index contributed by atoms with van der Waals surface area (Å²) in [6.45, 7) is -2.23. The Labute approximate surface area is 169 Å². The number of fused-ring (bicyclic) bond motifs is 1. The van der Waals surface area contributed by atoms with Crippen molar-refractivity contribution in [1.82, 2.24) is 14.9 Å². The average molecular weight is 417 g/mol. The van der Waals surface area contributed by atoms with Crippen LogP contribution in [-0.4, -0.2) is 39.7 Å². The highest BCUT2D eigenvalue weighted by Crippen LogP contribution is 2.29. The van der Waals surface area contributed by atoms with E-state index in [1.807, 2.05) is 24.3 Å². The topological polar surface area (TPSA) is 86.3 Å². The van der Waals surface area contributed by atoms with Gasteiger partial charge in [-0.05, 0) is 42.3 Å². The minimum atomic E-state index is -2.89. The number of nitrogen functional groups attached to an aromatic ring is 1. The van der Waals surface area contributed by atoms with Gasteiger partial charge in [0.15, 0.2) is 5.82 Å². The largest absolute Gasteiger partial charge is 0.435 e. The van der Waals surface area contributed by atoms with E-state index in [9.17, 15) is 13.6 Å². The van der Waals surface area contributed by atoms with Crippen LogP contribution in [0.3, 0.4) is 0 Å². The summed E-state index contributed by atoms with van der Waals surface area (Å²) in [4.78, 5) is 14.4. The molecule has 0 atom stereocenters. The van der Waals surface area contributed by atoms with E-state index in [2.05, 4.69) is 14.9 Å². The first-order chi connectivity index (χ1) is 14.0.